The van der Waals surface area contributed by atoms with Gasteiger partial charge in [-0.05, 0) is 18.3 Å². The molecular formula is C24H24Hf. The number of benzene rings is 2. The molecule has 0 atom stereocenters. The molecule has 4 aromatic carbocycles. The molecule has 1 fully saturated rings. The van der Waals surface area contributed by atoms with Gasteiger partial charge in [0.2, 0.25) is 0 Å². The summed E-state index contributed by atoms with van der Waals surface area (Å²) in [4.78, 5) is 0. The van der Waals surface area contributed by atoms with Crippen molar-refractivity contribution in [2.24, 2.45) is 0 Å². The Labute approximate surface area is 170 Å². The minimum atomic E-state index is 0. The van der Waals surface area contributed by atoms with Crippen molar-refractivity contribution in [1.29, 1.82) is 0 Å². The summed E-state index contributed by atoms with van der Waals surface area (Å²) in [6, 6.07) is 27.1. The Hall–Kier alpha value is -1.47. The maximum Gasteiger partial charge on any atom is 4.00 e. The molecule has 0 aromatic heterocycles. The predicted octanol–water partition coefficient (Wildman–Crippen LogP) is 6.80. The second-order valence-electron chi connectivity index (χ2n) is 6.68. The fraction of sp³-hybridized carbons (Fsp3) is 0.167. The maximum atomic E-state index is 2.41. The van der Waals surface area contributed by atoms with E-state index in [0.29, 0.717) is 0 Å². The molecule has 1 aliphatic carbocycles. The average Bonchev–Trinajstić information content (AvgIpc) is 3.09. The molecule has 0 spiro atoms. The zero-order valence-corrected chi connectivity index (χ0v) is 18.6. The SMILES string of the molecule is [CH3-].[CH3-].[Hf+4].c1ccc2[cH-]c(C3(c4cc5ccccc5[cH-]4)CCC3)cc2c1. The molecule has 1 aliphatic rings. The Balaban J connectivity index is 0.000000751. The van der Waals surface area contributed by atoms with Gasteiger partial charge in [-0.25, -0.2) is 0 Å². The molecule has 0 N–H and O–H groups in total. The van der Waals surface area contributed by atoms with Crippen LogP contribution in [0.15, 0.2) is 72.8 Å². The predicted molar refractivity (Wildman–Crippen MR) is 107 cm³/mol. The summed E-state index contributed by atoms with van der Waals surface area (Å²) in [5.74, 6) is 0. The van der Waals surface area contributed by atoms with E-state index < -0.39 is 0 Å². The smallest absolute Gasteiger partial charge is 0.358 e. The van der Waals surface area contributed by atoms with Crippen LogP contribution in [-0.4, -0.2) is 0 Å². The minimum absolute atomic E-state index is 0. The summed E-state index contributed by atoms with van der Waals surface area (Å²) in [5, 5.41) is 5.50. The third kappa shape index (κ3) is 2.97. The van der Waals surface area contributed by atoms with Gasteiger partial charge in [-0.15, -0.1) is 81.2 Å². The topological polar surface area (TPSA) is 0 Å². The summed E-state index contributed by atoms with van der Waals surface area (Å²) in [5.41, 5.74) is 3.27. The fourth-order valence-electron chi connectivity index (χ4n) is 4.13. The molecule has 0 radical (unpaired) electrons. The average molecular weight is 491 g/mol. The zero-order valence-electron chi connectivity index (χ0n) is 15.0. The van der Waals surface area contributed by atoms with Crippen molar-refractivity contribution in [2.45, 2.75) is 24.7 Å². The van der Waals surface area contributed by atoms with Gasteiger partial charge in [-0.2, -0.15) is 12.1 Å². The summed E-state index contributed by atoms with van der Waals surface area (Å²) >= 11 is 0. The van der Waals surface area contributed by atoms with Gasteiger partial charge in [0.05, 0.1) is 0 Å². The molecular weight excluding hydrogens is 467 g/mol. The van der Waals surface area contributed by atoms with E-state index in [1.165, 1.54) is 51.9 Å². The third-order valence-electron chi connectivity index (χ3n) is 5.55. The van der Waals surface area contributed by atoms with Crippen molar-refractivity contribution in [3.05, 3.63) is 98.8 Å². The number of hydrogen-bond acceptors (Lipinski definition) is 0. The molecule has 1 saturated carbocycles. The molecule has 1 heteroatoms. The van der Waals surface area contributed by atoms with Crippen molar-refractivity contribution in [3.63, 3.8) is 0 Å². The van der Waals surface area contributed by atoms with E-state index in [1.54, 1.807) is 0 Å². The van der Waals surface area contributed by atoms with Gasteiger partial charge >= 0.3 is 25.8 Å². The molecule has 25 heavy (non-hydrogen) atoms. The minimum Gasteiger partial charge on any atom is -0.358 e. The van der Waals surface area contributed by atoms with Crippen LogP contribution >= 0.6 is 0 Å². The fourth-order valence-corrected chi connectivity index (χ4v) is 4.13. The van der Waals surface area contributed by atoms with E-state index in [1.807, 2.05) is 0 Å². The molecule has 0 aliphatic heterocycles. The van der Waals surface area contributed by atoms with Crippen LogP contribution in [0.25, 0.3) is 21.5 Å². The Morgan fingerprint density at radius 1 is 0.680 bits per heavy atom. The van der Waals surface area contributed by atoms with E-state index >= 15 is 0 Å². The van der Waals surface area contributed by atoms with Gasteiger partial charge in [0.15, 0.2) is 0 Å². The van der Waals surface area contributed by atoms with Crippen molar-refractivity contribution < 1.29 is 25.8 Å². The van der Waals surface area contributed by atoms with Crippen LogP contribution in [0.4, 0.5) is 0 Å². The summed E-state index contributed by atoms with van der Waals surface area (Å²) in [7, 11) is 0. The summed E-state index contributed by atoms with van der Waals surface area (Å²) in [6.45, 7) is 0. The summed E-state index contributed by atoms with van der Waals surface area (Å²) < 4.78 is 0. The van der Waals surface area contributed by atoms with Gasteiger partial charge < -0.3 is 14.9 Å². The Morgan fingerprint density at radius 2 is 1.12 bits per heavy atom. The number of fused-ring (bicyclic) bond motifs is 2. The summed E-state index contributed by atoms with van der Waals surface area (Å²) in [6.07, 6.45) is 3.89. The van der Waals surface area contributed by atoms with Crippen molar-refractivity contribution in [3.8, 4) is 0 Å². The molecule has 5 rings (SSSR count). The standard InChI is InChI=1S/C22H18.2CH3.Hf/c1-2-7-17-13-20(12-16(17)6-1)22(10-5-11-22)21-14-18-8-3-4-9-19(18)15-21;;;/h1-4,6-9,12-15H,5,10-11H2;2*1H3;/q-2;2*-1;+4. The van der Waals surface area contributed by atoms with Gasteiger partial charge in [-0.3, -0.25) is 0 Å². The van der Waals surface area contributed by atoms with Crippen molar-refractivity contribution >= 4 is 21.5 Å². The molecule has 124 valence electrons. The molecule has 0 unspecified atom stereocenters. The first-order valence-corrected chi connectivity index (χ1v) is 8.17. The molecule has 0 saturated heterocycles. The quantitative estimate of drug-likeness (QED) is 0.214. The monoisotopic (exact) mass is 492 g/mol. The molecule has 0 heterocycles. The van der Waals surface area contributed by atoms with Gasteiger partial charge in [-0.1, -0.05) is 18.6 Å². The van der Waals surface area contributed by atoms with Gasteiger partial charge in [0, 0.05) is 0 Å². The van der Waals surface area contributed by atoms with E-state index in [-0.39, 0.29) is 46.1 Å². The van der Waals surface area contributed by atoms with Crippen LogP contribution < -0.4 is 0 Å². The van der Waals surface area contributed by atoms with Crippen LogP contribution in [0.5, 0.6) is 0 Å². The van der Waals surface area contributed by atoms with Crippen molar-refractivity contribution in [2.75, 3.05) is 0 Å². The first-order valence-electron chi connectivity index (χ1n) is 8.17. The van der Waals surface area contributed by atoms with Gasteiger partial charge in [0.25, 0.3) is 0 Å². The first-order chi connectivity index (χ1) is 10.9. The maximum absolute atomic E-state index is 2.41. The van der Waals surface area contributed by atoms with E-state index in [9.17, 15) is 0 Å². The zero-order chi connectivity index (χ0) is 14.6. The van der Waals surface area contributed by atoms with Crippen LogP contribution in [0, 0.1) is 14.9 Å². The third-order valence-corrected chi connectivity index (χ3v) is 5.55. The number of hydrogen-bond donors (Lipinski definition) is 0. The molecule has 0 bridgehead atoms. The number of rotatable bonds is 2. The molecule has 4 aromatic rings. The van der Waals surface area contributed by atoms with E-state index in [4.69, 9.17) is 0 Å². The van der Waals surface area contributed by atoms with Crippen LogP contribution in [-0.2, 0) is 31.3 Å². The first kappa shape index (κ1) is 19.8. The normalized spacial score (nSPS) is 14.9. The van der Waals surface area contributed by atoms with Crippen LogP contribution in [0.1, 0.15) is 30.4 Å². The molecule has 0 amide bonds. The second kappa shape index (κ2) is 7.41. The van der Waals surface area contributed by atoms with E-state index in [2.05, 4.69) is 72.8 Å². The Bertz CT molecular complexity index is 824. The van der Waals surface area contributed by atoms with Crippen LogP contribution in [0.2, 0.25) is 0 Å². The Morgan fingerprint density at radius 3 is 1.48 bits per heavy atom. The van der Waals surface area contributed by atoms with Crippen molar-refractivity contribution in [1.82, 2.24) is 0 Å². The Kier molecular flexibility index (Phi) is 5.89. The van der Waals surface area contributed by atoms with E-state index in [0.717, 1.165) is 0 Å². The molecule has 0 nitrogen and oxygen atoms in total. The second-order valence-corrected chi connectivity index (χ2v) is 6.68. The largest absolute Gasteiger partial charge is 4.00 e. The van der Waals surface area contributed by atoms with Gasteiger partial charge in [0.1, 0.15) is 0 Å². The van der Waals surface area contributed by atoms with Crippen LogP contribution in [0.3, 0.4) is 0 Å².